The highest BCUT2D eigenvalue weighted by atomic mass is 32.1. The quantitative estimate of drug-likeness (QED) is 0.513. The predicted octanol–water partition coefficient (Wildman–Crippen LogP) is 2.77. The highest BCUT2D eigenvalue weighted by Gasteiger charge is 2.30. The third-order valence-corrected chi connectivity index (χ3v) is 7.33. The normalized spacial score (nSPS) is 18.5. The molecule has 0 radical (unpaired) electrons. The van der Waals surface area contributed by atoms with Crippen LogP contribution >= 0.6 is 11.3 Å². The van der Waals surface area contributed by atoms with Crippen molar-refractivity contribution in [2.45, 2.75) is 26.3 Å². The first-order valence-electron chi connectivity index (χ1n) is 11.3. The molecule has 2 aliphatic rings. The molecule has 172 valence electrons. The van der Waals surface area contributed by atoms with Crippen LogP contribution in [-0.2, 0) is 16.0 Å². The van der Waals surface area contributed by atoms with Gasteiger partial charge in [0.25, 0.3) is 5.91 Å². The molecule has 1 amide bonds. The van der Waals surface area contributed by atoms with E-state index in [1.807, 2.05) is 31.2 Å². The Morgan fingerprint density at radius 2 is 2.12 bits per heavy atom. The summed E-state index contributed by atoms with van der Waals surface area (Å²) in [6.45, 7) is 6.96. The number of hydrogen-bond donors (Lipinski definition) is 3. The van der Waals surface area contributed by atoms with Crippen molar-refractivity contribution >= 4 is 39.7 Å². The number of esters is 1. The fraction of sp³-hybridized carbons (Fsp3) is 0.375. The third-order valence-electron chi connectivity index (χ3n) is 6.07. The van der Waals surface area contributed by atoms with E-state index in [1.54, 1.807) is 18.0 Å². The van der Waals surface area contributed by atoms with Gasteiger partial charge in [0.2, 0.25) is 0 Å². The number of rotatable bonds is 4. The van der Waals surface area contributed by atoms with Crippen LogP contribution in [0.3, 0.4) is 0 Å². The Morgan fingerprint density at radius 1 is 1.27 bits per heavy atom. The zero-order chi connectivity index (χ0) is 22.9. The van der Waals surface area contributed by atoms with Gasteiger partial charge in [-0.1, -0.05) is 18.2 Å². The second-order valence-electron chi connectivity index (χ2n) is 8.21. The van der Waals surface area contributed by atoms with Gasteiger partial charge in [-0.15, -0.1) is 11.3 Å². The van der Waals surface area contributed by atoms with Crippen LogP contribution in [0.25, 0.3) is 16.5 Å². The van der Waals surface area contributed by atoms with E-state index in [-0.39, 0.29) is 18.6 Å². The van der Waals surface area contributed by atoms with Crippen LogP contribution in [0, 0.1) is 6.92 Å². The average Bonchev–Trinajstić information content (AvgIpc) is 3.34. The number of thiazole rings is 1. The molecule has 1 atom stereocenters. The standard InChI is InChI=1S/C24H27N5O3S/c1-3-32-24(31)17-13-29(11-8-16-15-6-4-5-7-18(15)28-20(16)17)23(30)21-14(2)27-22(33-21)19-12-25-9-10-26-19/h4-7,13,19,25-26,28H,3,8-12H2,1-2H3. The van der Waals surface area contributed by atoms with E-state index in [4.69, 9.17) is 4.74 Å². The lowest BCUT2D eigenvalue weighted by Gasteiger charge is -2.22. The molecule has 1 unspecified atom stereocenters. The number of hydrogen-bond acceptors (Lipinski definition) is 7. The monoisotopic (exact) mass is 465 g/mol. The van der Waals surface area contributed by atoms with Gasteiger partial charge in [0.1, 0.15) is 9.88 Å². The Hall–Kier alpha value is -3.01. The summed E-state index contributed by atoms with van der Waals surface area (Å²) < 4.78 is 5.34. The van der Waals surface area contributed by atoms with E-state index in [0.717, 1.165) is 46.8 Å². The number of nitrogens with zero attached hydrogens (tertiary/aromatic N) is 2. The first-order valence-corrected chi connectivity index (χ1v) is 12.1. The summed E-state index contributed by atoms with van der Waals surface area (Å²) in [6, 6.07) is 8.07. The fourth-order valence-corrected chi connectivity index (χ4v) is 5.55. The molecule has 2 aliphatic heterocycles. The number of ether oxygens (including phenoxy) is 1. The maximum Gasteiger partial charge on any atom is 0.341 e. The van der Waals surface area contributed by atoms with Crippen molar-refractivity contribution in [1.29, 1.82) is 0 Å². The summed E-state index contributed by atoms with van der Waals surface area (Å²) in [7, 11) is 0. The van der Waals surface area contributed by atoms with Crippen LogP contribution in [-0.4, -0.2) is 59.5 Å². The van der Waals surface area contributed by atoms with Crippen LogP contribution in [0.5, 0.6) is 0 Å². The van der Waals surface area contributed by atoms with E-state index in [2.05, 4.69) is 20.6 Å². The molecule has 1 fully saturated rings. The van der Waals surface area contributed by atoms with Crippen molar-refractivity contribution in [3.05, 3.63) is 57.3 Å². The van der Waals surface area contributed by atoms with Gasteiger partial charge in [-0.2, -0.15) is 0 Å². The topological polar surface area (TPSA) is 99.3 Å². The van der Waals surface area contributed by atoms with Gasteiger partial charge in [-0.25, -0.2) is 9.78 Å². The number of para-hydroxylation sites is 1. The summed E-state index contributed by atoms with van der Waals surface area (Å²) in [5, 5.41) is 8.77. The molecule has 4 heterocycles. The van der Waals surface area contributed by atoms with Crippen LogP contribution in [0.2, 0.25) is 0 Å². The Labute approximate surface area is 196 Å². The van der Waals surface area contributed by atoms with Crippen LogP contribution < -0.4 is 10.6 Å². The van der Waals surface area contributed by atoms with Crippen LogP contribution in [0.1, 0.15) is 44.6 Å². The van der Waals surface area contributed by atoms with E-state index in [1.165, 1.54) is 11.3 Å². The maximum absolute atomic E-state index is 13.6. The van der Waals surface area contributed by atoms with Gasteiger partial charge in [-0.05, 0) is 31.9 Å². The zero-order valence-corrected chi connectivity index (χ0v) is 19.6. The molecule has 0 saturated carbocycles. The summed E-state index contributed by atoms with van der Waals surface area (Å²) in [5.74, 6) is -0.583. The van der Waals surface area contributed by atoms with Gasteiger partial charge >= 0.3 is 5.97 Å². The van der Waals surface area contributed by atoms with Crippen molar-refractivity contribution < 1.29 is 14.3 Å². The summed E-state index contributed by atoms with van der Waals surface area (Å²) in [4.78, 5) is 36.8. The molecule has 2 aromatic heterocycles. The zero-order valence-electron chi connectivity index (χ0n) is 18.7. The second kappa shape index (κ2) is 9.09. The molecule has 0 bridgehead atoms. The van der Waals surface area contributed by atoms with E-state index in [9.17, 15) is 9.59 Å². The molecule has 3 aromatic rings. The molecule has 1 saturated heterocycles. The average molecular weight is 466 g/mol. The van der Waals surface area contributed by atoms with Gasteiger partial charge < -0.3 is 25.3 Å². The number of benzene rings is 1. The molecule has 5 rings (SSSR count). The van der Waals surface area contributed by atoms with Gasteiger partial charge in [0.15, 0.2) is 0 Å². The van der Waals surface area contributed by atoms with Crippen molar-refractivity contribution in [1.82, 2.24) is 25.5 Å². The summed E-state index contributed by atoms with van der Waals surface area (Å²) >= 11 is 1.42. The van der Waals surface area contributed by atoms with Crippen molar-refractivity contribution in [2.24, 2.45) is 0 Å². The molecule has 8 nitrogen and oxygen atoms in total. The SMILES string of the molecule is CCOC(=O)C1=CN(C(=O)c2sc(C3CNCCN3)nc2C)CCc2c1[nH]c1ccccc21. The minimum atomic E-state index is -0.441. The Bertz CT molecular complexity index is 1240. The van der Waals surface area contributed by atoms with Crippen LogP contribution in [0.15, 0.2) is 30.5 Å². The number of aryl methyl sites for hydroxylation is 1. The minimum absolute atomic E-state index is 0.102. The number of fused-ring (bicyclic) bond motifs is 3. The first kappa shape index (κ1) is 21.8. The Kier molecular flexibility index (Phi) is 6.01. The molecule has 0 aliphatic carbocycles. The smallest absolute Gasteiger partial charge is 0.341 e. The van der Waals surface area contributed by atoms with Crippen molar-refractivity contribution in [2.75, 3.05) is 32.8 Å². The molecule has 9 heteroatoms. The van der Waals surface area contributed by atoms with E-state index in [0.29, 0.717) is 29.1 Å². The largest absolute Gasteiger partial charge is 0.462 e. The Morgan fingerprint density at radius 3 is 2.91 bits per heavy atom. The predicted molar refractivity (Wildman–Crippen MR) is 128 cm³/mol. The molecular weight excluding hydrogens is 438 g/mol. The lowest BCUT2D eigenvalue weighted by molar-refractivity contribution is -0.136. The van der Waals surface area contributed by atoms with Crippen LogP contribution in [0.4, 0.5) is 0 Å². The number of piperazine rings is 1. The highest BCUT2D eigenvalue weighted by Crippen LogP contribution is 2.33. The Balaban J connectivity index is 1.51. The number of carbonyl (C=O) groups excluding carboxylic acids is 2. The van der Waals surface area contributed by atoms with E-state index >= 15 is 0 Å². The highest BCUT2D eigenvalue weighted by molar-refractivity contribution is 7.13. The van der Waals surface area contributed by atoms with E-state index < -0.39 is 5.97 Å². The summed E-state index contributed by atoms with van der Waals surface area (Å²) in [6.07, 6.45) is 2.27. The number of carbonyl (C=O) groups is 2. The minimum Gasteiger partial charge on any atom is -0.462 e. The maximum atomic E-state index is 13.6. The lowest BCUT2D eigenvalue weighted by Crippen LogP contribution is -2.42. The summed E-state index contributed by atoms with van der Waals surface area (Å²) in [5.41, 5.74) is 3.80. The molecule has 33 heavy (non-hydrogen) atoms. The molecule has 1 aromatic carbocycles. The van der Waals surface area contributed by atoms with Gasteiger partial charge in [0, 0.05) is 43.3 Å². The number of H-pyrrole nitrogens is 1. The van der Waals surface area contributed by atoms with Crippen molar-refractivity contribution in [3.8, 4) is 0 Å². The van der Waals surface area contributed by atoms with Crippen molar-refractivity contribution in [3.63, 3.8) is 0 Å². The number of amides is 1. The lowest BCUT2D eigenvalue weighted by atomic mass is 10.0. The first-order chi connectivity index (χ1) is 16.1. The second-order valence-corrected chi connectivity index (χ2v) is 9.24. The van der Waals surface area contributed by atoms with Gasteiger partial charge in [0.05, 0.1) is 29.6 Å². The third kappa shape index (κ3) is 4.07. The van der Waals surface area contributed by atoms with Gasteiger partial charge in [-0.3, -0.25) is 4.79 Å². The fourth-order valence-electron chi connectivity index (χ4n) is 4.45. The molecular formula is C24H27N5O3S. The number of aromatic amines is 1. The molecule has 3 N–H and O–H groups in total. The molecule has 0 spiro atoms. The number of nitrogens with one attached hydrogen (secondary N) is 3. The number of aromatic nitrogens is 2.